The van der Waals surface area contributed by atoms with Crippen molar-refractivity contribution < 1.29 is 20.8 Å². The molecular weight excluding hydrogens is 326 g/mol. The summed E-state index contributed by atoms with van der Waals surface area (Å²) >= 11 is 3.11. The Kier molecular flexibility index (Phi) is 14.7. The minimum Gasteiger partial charge on any atom is -1.00 e. The average molecular weight is 339 g/mol. The maximum Gasteiger partial charge on any atom is 2.00 e. The fraction of sp³-hybridized carbons (Fsp3) is 0.333. The third-order valence-electron chi connectivity index (χ3n) is 1.13. The van der Waals surface area contributed by atoms with Gasteiger partial charge in [0.05, 0.1) is 4.90 Å². The molecule has 0 aliphatic rings. The molecule has 0 unspecified atom stereocenters. The van der Waals surface area contributed by atoms with E-state index in [9.17, 15) is 8.42 Å². The Balaban J connectivity index is -0.000000306. The van der Waals surface area contributed by atoms with E-state index in [1.165, 1.54) is 12.3 Å². The zero-order valence-corrected chi connectivity index (χ0v) is 14.0. The number of hydrogen-bond acceptors (Lipinski definition) is 3. The van der Waals surface area contributed by atoms with Gasteiger partial charge in [0.25, 0.3) is 0 Å². The predicted octanol–water partition coefficient (Wildman–Crippen LogP) is -0.899. The van der Waals surface area contributed by atoms with Gasteiger partial charge in [0.1, 0.15) is 4.60 Å². The van der Waals surface area contributed by atoms with Gasteiger partial charge in [0, 0.05) is 12.5 Å². The van der Waals surface area contributed by atoms with Crippen LogP contribution in [0.2, 0.25) is 0 Å². The normalized spacial score (nSPS) is 9.00. The summed E-state index contributed by atoms with van der Waals surface area (Å²) < 4.78 is 22.4. The fourth-order valence-corrected chi connectivity index (χ4v) is 1.38. The second-order valence-electron chi connectivity index (χ2n) is 2.67. The van der Waals surface area contributed by atoms with Crippen LogP contribution in [0.1, 0.15) is 13.8 Å². The van der Waals surface area contributed by atoms with Crippen LogP contribution < -0.4 is 12.4 Å². The molecule has 1 aromatic rings. The van der Waals surface area contributed by atoms with Crippen LogP contribution in [0.3, 0.4) is 0 Å². The van der Waals surface area contributed by atoms with E-state index < -0.39 is 9.84 Å². The molecule has 1 rings (SSSR count). The Morgan fingerprint density at radius 3 is 2.00 bits per heavy atom. The molecule has 0 spiro atoms. The first-order valence-electron chi connectivity index (χ1n) is 3.97. The molecule has 0 bridgehead atoms. The monoisotopic (exact) mass is 337 g/mol. The summed E-state index contributed by atoms with van der Waals surface area (Å²) in [6.45, 7) is 4.00. The van der Waals surface area contributed by atoms with Crippen LogP contribution in [0.25, 0.3) is 0 Å². The summed E-state index contributed by atoms with van der Waals surface area (Å²) in [5, 5.41) is 0. The van der Waals surface area contributed by atoms with Crippen molar-refractivity contribution in [1.82, 2.24) is 4.98 Å². The molecule has 0 atom stereocenters. The van der Waals surface area contributed by atoms with Crippen molar-refractivity contribution in [2.45, 2.75) is 18.7 Å². The zero-order chi connectivity index (χ0) is 11.2. The van der Waals surface area contributed by atoms with Crippen molar-refractivity contribution in [2.75, 3.05) is 6.26 Å². The summed E-state index contributed by atoms with van der Waals surface area (Å²) in [5.74, 6) is 0. The van der Waals surface area contributed by atoms with Crippen LogP contribution in [0.4, 0.5) is 0 Å². The van der Waals surface area contributed by atoms with E-state index in [4.69, 9.17) is 0 Å². The van der Waals surface area contributed by atoms with Gasteiger partial charge in [0.2, 0.25) is 0 Å². The maximum absolute atomic E-state index is 10.9. The van der Waals surface area contributed by atoms with Crippen molar-refractivity contribution in [1.29, 1.82) is 0 Å². The van der Waals surface area contributed by atoms with Crippen molar-refractivity contribution in [3.63, 3.8) is 0 Å². The van der Waals surface area contributed by atoms with E-state index in [2.05, 4.69) is 20.9 Å². The van der Waals surface area contributed by atoms with E-state index >= 15 is 0 Å². The van der Waals surface area contributed by atoms with Gasteiger partial charge in [-0.15, -0.1) is 0 Å². The average Bonchev–Trinajstić information content (AvgIpc) is 2.04. The van der Waals surface area contributed by atoms with Gasteiger partial charge in [-0.3, -0.25) is 0 Å². The van der Waals surface area contributed by atoms with Crippen molar-refractivity contribution in [3.05, 3.63) is 29.4 Å². The molecule has 0 saturated carbocycles. The number of aromatic nitrogens is 1. The van der Waals surface area contributed by atoms with Crippen LogP contribution in [0, 0.1) is 6.42 Å². The minimum absolute atomic E-state index is 0. The number of pyridine rings is 1. The molecule has 0 aliphatic carbocycles. The fourth-order valence-electron chi connectivity index (χ4n) is 0.582. The third kappa shape index (κ3) is 9.83. The third-order valence-corrected chi connectivity index (χ3v) is 2.70. The summed E-state index contributed by atoms with van der Waals surface area (Å²) in [4.78, 5) is 4.02. The van der Waals surface area contributed by atoms with Gasteiger partial charge in [-0.25, -0.2) is 13.4 Å². The number of hydrogen-bond donors (Lipinski definition) is 0. The van der Waals surface area contributed by atoms with E-state index in [1.807, 2.05) is 20.3 Å². The molecule has 16 heavy (non-hydrogen) atoms. The molecule has 88 valence electrons. The first kappa shape index (κ1) is 21.9. The predicted molar refractivity (Wildman–Crippen MR) is 66.4 cm³/mol. The van der Waals surface area contributed by atoms with Gasteiger partial charge in [-0.05, 0) is 28.1 Å². The smallest absolute Gasteiger partial charge is 1.00 e. The molecule has 0 radical (unpaired) electrons. The zero-order valence-electron chi connectivity index (χ0n) is 9.44. The summed E-state index contributed by atoms with van der Waals surface area (Å²) in [7, 11) is -3.10. The van der Waals surface area contributed by atoms with E-state index in [-0.39, 0.29) is 40.4 Å². The van der Waals surface area contributed by atoms with Gasteiger partial charge in [0.15, 0.2) is 9.84 Å². The molecular formula is C9H13BrClMgNO2S. The van der Waals surface area contributed by atoms with Gasteiger partial charge < -0.3 is 18.8 Å². The van der Waals surface area contributed by atoms with Crippen LogP contribution in [0.5, 0.6) is 0 Å². The SMILES string of the molecule is CS(=O)(=O)c1ccc(Br)nc1.C[CH-]C.[Cl-].[Mg+2]. The molecule has 0 amide bonds. The Hall–Kier alpha value is 0.636. The van der Waals surface area contributed by atoms with Gasteiger partial charge in [-0.2, -0.15) is 13.8 Å². The maximum atomic E-state index is 10.9. The standard InChI is InChI=1S/C6H6BrNO2S.C3H7.ClH.Mg/c1-11(9,10)5-2-3-6(7)8-4-5;1-3-2;;/h2-4H,1H3;3H,1-2H3;1H;/q;-1;;+2/p-1. The quantitative estimate of drug-likeness (QED) is 0.379. The Bertz CT molecular complexity index is 370. The van der Waals surface area contributed by atoms with Crippen molar-refractivity contribution >= 4 is 48.8 Å². The van der Waals surface area contributed by atoms with Crippen LogP contribution >= 0.6 is 15.9 Å². The largest absolute Gasteiger partial charge is 2.00 e. The summed E-state index contributed by atoms with van der Waals surface area (Å²) in [5.41, 5.74) is 0. The number of halogens is 2. The summed E-state index contributed by atoms with van der Waals surface area (Å²) in [6, 6.07) is 3.10. The second-order valence-corrected chi connectivity index (χ2v) is 5.49. The van der Waals surface area contributed by atoms with Gasteiger partial charge >= 0.3 is 23.1 Å². The van der Waals surface area contributed by atoms with E-state index in [0.29, 0.717) is 4.60 Å². The van der Waals surface area contributed by atoms with Crippen molar-refractivity contribution in [2.24, 2.45) is 0 Å². The first-order valence-corrected chi connectivity index (χ1v) is 6.65. The number of rotatable bonds is 1. The number of sulfone groups is 1. The van der Waals surface area contributed by atoms with Crippen LogP contribution in [-0.4, -0.2) is 42.7 Å². The molecule has 1 heterocycles. The molecule has 7 heteroatoms. The molecule has 0 saturated heterocycles. The Morgan fingerprint density at radius 1 is 1.31 bits per heavy atom. The molecule has 1 aromatic heterocycles. The topological polar surface area (TPSA) is 47.0 Å². The number of nitrogens with zero attached hydrogens (tertiary/aromatic N) is 1. The molecule has 0 aliphatic heterocycles. The van der Waals surface area contributed by atoms with E-state index in [1.54, 1.807) is 6.07 Å². The van der Waals surface area contributed by atoms with Crippen molar-refractivity contribution in [3.8, 4) is 0 Å². The molecule has 0 fully saturated rings. The Labute approximate surface area is 128 Å². The summed E-state index contributed by atoms with van der Waals surface area (Å²) in [6.07, 6.45) is 4.47. The molecule has 3 nitrogen and oxygen atoms in total. The van der Waals surface area contributed by atoms with Crippen LogP contribution in [-0.2, 0) is 9.84 Å². The molecule has 0 aromatic carbocycles. The minimum atomic E-state index is -3.10. The molecule has 0 N–H and O–H groups in total. The van der Waals surface area contributed by atoms with E-state index in [0.717, 1.165) is 6.26 Å². The first-order chi connectivity index (χ1) is 6.41. The Morgan fingerprint density at radius 2 is 1.75 bits per heavy atom. The second kappa shape index (κ2) is 10.8. The van der Waals surface area contributed by atoms with Crippen LogP contribution in [0.15, 0.2) is 27.8 Å². The van der Waals surface area contributed by atoms with Gasteiger partial charge in [-0.1, -0.05) is 0 Å².